The first-order valence-corrected chi connectivity index (χ1v) is 13.0. The molecule has 5 rings (SSSR count). The Bertz CT molecular complexity index is 1140. The highest BCUT2D eigenvalue weighted by Gasteiger charge is 2.35. The van der Waals surface area contributed by atoms with E-state index in [-0.39, 0.29) is 24.5 Å². The molecule has 2 fully saturated rings. The van der Waals surface area contributed by atoms with Crippen LogP contribution in [-0.2, 0) is 4.79 Å². The molecule has 2 N–H and O–H groups in total. The number of nitrogens with one attached hydrogen (secondary N) is 1. The summed E-state index contributed by atoms with van der Waals surface area (Å²) < 4.78 is 0. The summed E-state index contributed by atoms with van der Waals surface area (Å²) in [6.45, 7) is 2.91. The molecular formula is C26H31N5O2S. The average Bonchev–Trinajstić information content (AvgIpc) is 3.54. The molecule has 34 heavy (non-hydrogen) atoms. The van der Waals surface area contributed by atoms with Crippen molar-refractivity contribution in [1.29, 1.82) is 0 Å². The second-order valence-electron chi connectivity index (χ2n) is 9.37. The van der Waals surface area contributed by atoms with Gasteiger partial charge in [0.1, 0.15) is 11.6 Å². The fraction of sp³-hybridized carbons (Fsp3) is 0.462. The fourth-order valence-electron chi connectivity index (χ4n) is 5.11. The summed E-state index contributed by atoms with van der Waals surface area (Å²) in [7, 11) is 0. The molecule has 1 amide bonds. The van der Waals surface area contributed by atoms with Crippen LogP contribution in [0.5, 0.6) is 0 Å². The molecule has 4 heterocycles. The van der Waals surface area contributed by atoms with Gasteiger partial charge < -0.3 is 15.3 Å². The highest BCUT2D eigenvalue weighted by Crippen LogP contribution is 2.40. The van der Waals surface area contributed by atoms with E-state index in [1.54, 1.807) is 17.5 Å². The van der Waals surface area contributed by atoms with E-state index < -0.39 is 0 Å². The molecule has 1 aliphatic heterocycles. The molecule has 1 aliphatic carbocycles. The Morgan fingerprint density at radius 3 is 2.79 bits per heavy atom. The molecule has 178 valence electrons. The van der Waals surface area contributed by atoms with Gasteiger partial charge in [-0.2, -0.15) is 0 Å². The minimum atomic E-state index is 0.0196. The van der Waals surface area contributed by atoms with Gasteiger partial charge in [-0.25, -0.2) is 15.0 Å². The fourth-order valence-corrected chi connectivity index (χ4v) is 6.17. The second kappa shape index (κ2) is 10.2. The number of aromatic nitrogens is 3. The minimum absolute atomic E-state index is 0.0196. The lowest BCUT2D eigenvalue weighted by Crippen LogP contribution is -2.42. The molecule has 2 aliphatic rings. The molecule has 1 saturated heterocycles. The maximum absolute atomic E-state index is 13.0. The summed E-state index contributed by atoms with van der Waals surface area (Å²) in [4.78, 5) is 29.8. The van der Waals surface area contributed by atoms with Crippen LogP contribution in [0.15, 0.2) is 42.7 Å². The molecule has 8 heteroatoms. The minimum Gasteiger partial charge on any atom is -0.394 e. The van der Waals surface area contributed by atoms with Gasteiger partial charge in [0.05, 0.1) is 28.2 Å². The van der Waals surface area contributed by atoms with E-state index in [0.717, 1.165) is 77.8 Å². The molecule has 0 spiro atoms. The molecule has 1 atom stereocenters. The monoisotopic (exact) mass is 477 g/mol. The number of rotatable bonds is 6. The van der Waals surface area contributed by atoms with Gasteiger partial charge in [-0.1, -0.05) is 6.07 Å². The Labute approximate surface area is 204 Å². The summed E-state index contributed by atoms with van der Waals surface area (Å²) in [6.07, 6.45) is 9.39. The summed E-state index contributed by atoms with van der Waals surface area (Å²) >= 11 is 1.70. The number of anilines is 2. The number of aliphatic hydroxyl groups excluding tert-OH is 1. The lowest BCUT2D eigenvalue weighted by atomic mass is 9.81. The Kier molecular flexibility index (Phi) is 6.87. The van der Waals surface area contributed by atoms with Crippen LogP contribution in [-0.4, -0.2) is 50.1 Å². The number of hydrogen-bond acceptors (Lipinski definition) is 7. The van der Waals surface area contributed by atoms with Crippen LogP contribution in [0.1, 0.15) is 55.0 Å². The van der Waals surface area contributed by atoms with Crippen LogP contribution in [0.4, 0.5) is 11.6 Å². The number of carbonyl (C=O) groups is 1. The normalized spacial score (nSPS) is 22.6. The third-order valence-corrected chi connectivity index (χ3v) is 8.18. The van der Waals surface area contributed by atoms with Gasteiger partial charge in [-0.3, -0.25) is 4.79 Å². The highest BCUT2D eigenvalue weighted by molar-refractivity contribution is 7.15. The average molecular weight is 478 g/mol. The SMILES string of the molecule is Cc1ccnc(Nc2cccc(-c3cnc([C@H]4CC[C@H](C(=O)N5CCC[C@@H]5CO)CC4)s3)n2)c1. The van der Waals surface area contributed by atoms with Gasteiger partial charge in [0.25, 0.3) is 0 Å². The number of aliphatic hydroxyl groups is 1. The van der Waals surface area contributed by atoms with Crippen molar-refractivity contribution in [2.45, 2.75) is 57.4 Å². The van der Waals surface area contributed by atoms with E-state index in [1.165, 1.54) is 0 Å². The van der Waals surface area contributed by atoms with Gasteiger partial charge in [0.15, 0.2) is 0 Å². The van der Waals surface area contributed by atoms with E-state index in [9.17, 15) is 9.90 Å². The van der Waals surface area contributed by atoms with Crippen molar-refractivity contribution in [3.63, 3.8) is 0 Å². The standard InChI is InChI=1S/C26H31N5O2S/c1-17-11-12-27-24(14-17)30-23-6-2-5-21(29-23)22-15-28-25(34-22)18-7-9-19(10-8-18)26(33)31-13-3-4-20(31)16-32/h2,5-6,11-12,14-15,18-20,32H,3-4,7-10,13,16H2,1H3,(H,27,29,30)/t18-,19-,20-/m1/s1. The summed E-state index contributed by atoms with van der Waals surface area (Å²) in [5, 5.41) is 14.0. The number of carbonyl (C=O) groups excluding carboxylic acids is 1. The first-order valence-electron chi connectivity index (χ1n) is 12.1. The van der Waals surface area contributed by atoms with Gasteiger partial charge in [-0.05, 0) is 75.3 Å². The van der Waals surface area contributed by atoms with Crippen molar-refractivity contribution >= 4 is 28.9 Å². The Hall–Kier alpha value is -2.84. The zero-order valence-corrected chi connectivity index (χ0v) is 20.3. The van der Waals surface area contributed by atoms with Crippen LogP contribution in [0, 0.1) is 12.8 Å². The van der Waals surface area contributed by atoms with Crippen LogP contribution in [0.3, 0.4) is 0 Å². The molecule has 1 saturated carbocycles. The largest absolute Gasteiger partial charge is 0.394 e. The van der Waals surface area contributed by atoms with E-state index in [0.29, 0.717) is 5.92 Å². The number of hydrogen-bond donors (Lipinski definition) is 2. The Morgan fingerprint density at radius 2 is 2.00 bits per heavy atom. The van der Waals surface area contributed by atoms with Gasteiger partial charge in [-0.15, -0.1) is 11.3 Å². The van der Waals surface area contributed by atoms with Crippen molar-refractivity contribution < 1.29 is 9.90 Å². The van der Waals surface area contributed by atoms with E-state index in [4.69, 9.17) is 9.97 Å². The van der Waals surface area contributed by atoms with Crippen LogP contribution in [0.25, 0.3) is 10.6 Å². The molecular weight excluding hydrogens is 446 g/mol. The first-order chi connectivity index (χ1) is 16.6. The third kappa shape index (κ3) is 4.98. The Morgan fingerprint density at radius 1 is 1.15 bits per heavy atom. The zero-order chi connectivity index (χ0) is 23.5. The molecule has 3 aromatic rings. The number of aryl methyl sites for hydroxylation is 1. The predicted molar refractivity (Wildman–Crippen MR) is 134 cm³/mol. The molecule has 3 aromatic heterocycles. The topological polar surface area (TPSA) is 91.2 Å². The lowest BCUT2D eigenvalue weighted by molar-refractivity contribution is -0.138. The van der Waals surface area contributed by atoms with Gasteiger partial charge >= 0.3 is 0 Å². The molecule has 0 bridgehead atoms. The quantitative estimate of drug-likeness (QED) is 0.524. The lowest BCUT2D eigenvalue weighted by Gasteiger charge is -2.32. The van der Waals surface area contributed by atoms with Crippen LogP contribution < -0.4 is 5.32 Å². The molecule has 7 nitrogen and oxygen atoms in total. The van der Waals surface area contributed by atoms with Crippen molar-refractivity contribution in [2.24, 2.45) is 5.92 Å². The van der Waals surface area contributed by atoms with Gasteiger partial charge in [0.2, 0.25) is 5.91 Å². The van der Waals surface area contributed by atoms with Crippen molar-refractivity contribution in [3.05, 3.63) is 53.3 Å². The highest BCUT2D eigenvalue weighted by atomic mass is 32.1. The van der Waals surface area contributed by atoms with E-state index in [2.05, 4.69) is 10.3 Å². The van der Waals surface area contributed by atoms with Crippen molar-refractivity contribution in [2.75, 3.05) is 18.5 Å². The predicted octanol–water partition coefficient (Wildman–Crippen LogP) is 4.91. The van der Waals surface area contributed by atoms with E-state index >= 15 is 0 Å². The third-order valence-electron chi connectivity index (χ3n) is 6.99. The summed E-state index contributed by atoms with van der Waals surface area (Å²) in [5.41, 5.74) is 2.04. The molecule has 0 unspecified atom stereocenters. The van der Waals surface area contributed by atoms with E-state index in [1.807, 2.05) is 48.4 Å². The molecule has 0 radical (unpaired) electrons. The number of pyridine rings is 2. The van der Waals surface area contributed by atoms with Crippen LogP contribution >= 0.6 is 11.3 Å². The Balaban J connectivity index is 1.21. The zero-order valence-electron chi connectivity index (χ0n) is 19.5. The first kappa shape index (κ1) is 22.9. The second-order valence-corrected chi connectivity index (χ2v) is 10.4. The number of nitrogens with zero attached hydrogens (tertiary/aromatic N) is 4. The molecule has 0 aromatic carbocycles. The smallest absolute Gasteiger partial charge is 0.226 e. The van der Waals surface area contributed by atoms with Crippen molar-refractivity contribution in [3.8, 4) is 10.6 Å². The van der Waals surface area contributed by atoms with Crippen molar-refractivity contribution in [1.82, 2.24) is 19.9 Å². The summed E-state index contributed by atoms with van der Waals surface area (Å²) in [6, 6.07) is 9.93. The number of likely N-dealkylation sites (tertiary alicyclic amines) is 1. The maximum Gasteiger partial charge on any atom is 0.226 e. The number of thiazole rings is 1. The van der Waals surface area contributed by atoms with Gasteiger partial charge in [0, 0.05) is 30.8 Å². The maximum atomic E-state index is 13.0. The van der Waals surface area contributed by atoms with Crippen LogP contribution in [0.2, 0.25) is 0 Å². The number of amides is 1. The summed E-state index contributed by atoms with van der Waals surface area (Å²) in [5.74, 6) is 2.26.